The summed E-state index contributed by atoms with van der Waals surface area (Å²) >= 11 is 6.51. The van der Waals surface area contributed by atoms with Gasteiger partial charge in [-0.2, -0.15) is 0 Å². The van der Waals surface area contributed by atoms with Crippen molar-refractivity contribution in [3.8, 4) is 16.9 Å². The molecule has 0 saturated carbocycles. The first kappa shape index (κ1) is 29.8. The fourth-order valence-corrected chi connectivity index (χ4v) is 4.64. The van der Waals surface area contributed by atoms with E-state index in [1.807, 2.05) is 68.1 Å². The molecule has 0 bridgehead atoms. The number of nitrogens with zero attached hydrogens (tertiary/aromatic N) is 4. The molecular weight excluding hydrogens is 569 g/mol. The minimum atomic E-state index is -0.533. The molecule has 0 spiro atoms. The Labute approximate surface area is 255 Å². The minimum absolute atomic E-state index is 0.200. The Kier molecular flexibility index (Phi) is 8.82. The topological polar surface area (TPSA) is 81.5 Å². The number of fused-ring (bicyclic) bond motifs is 1. The molecule has 0 saturated heterocycles. The number of hydrogen-bond acceptors (Lipinski definition) is 6. The number of amides is 1. The molecule has 222 valence electrons. The van der Waals surface area contributed by atoms with Crippen molar-refractivity contribution in [2.75, 3.05) is 18.9 Å². The van der Waals surface area contributed by atoms with Gasteiger partial charge in [0.1, 0.15) is 35.9 Å². The molecule has 0 unspecified atom stereocenters. The van der Waals surface area contributed by atoms with Gasteiger partial charge in [0, 0.05) is 43.6 Å². The maximum atomic E-state index is 13.5. The van der Waals surface area contributed by atoms with Gasteiger partial charge in [0.15, 0.2) is 0 Å². The van der Waals surface area contributed by atoms with Crippen molar-refractivity contribution in [1.82, 2.24) is 19.4 Å². The molecule has 0 aliphatic heterocycles. The van der Waals surface area contributed by atoms with Crippen LogP contribution in [0.3, 0.4) is 0 Å². The summed E-state index contributed by atoms with van der Waals surface area (Å²) in [6.45, 7) is 6.90. The summed E-state index contributed by atoms with van der Waals surface area (Å²) in [6, 6.07) is 19.7. The molecule has 8 nitrogen and oxygen atoms in total. The highest BCUT2D eigenvalue weighted by molar-refractivity contribution is 6.32. The Morgan fingerprint density at radius 2 is 1.88 bits per heavy atom. The molecule has 2 heterocycles. The van der Waals surface area contributed by atoms with Gasteiger partial charge >= 0.3 is 6.09 Å². The van der Waals surface area contributed by atoms with Crippen molar-refractivity contribution in [2.24, 2.45) is 0 Å². The summed E-state index contributed by atoms with van der Waals surface area (Å²) in [5, 5.41) is 4.61. The number of likely N-dealkylation sites (N-methyl/N-ethyl adjacent to an activating group) is 1. The molecule has 3 aromatic carbocycles. The maximum Gasteiger partial charge on any atom is 0.410 e. The van der Waals surface area contributed by atoms with Crippen molar-refractivity contribution in [1.29, 1.82) is 0 Å². The summed E-state index contributed by atoms with van der Waals surface area (Å²) in [6.07, 6.45) is 5.20. The standard InChI is InChI=1S/C33H33ClFN5O3/c1-33(2,3)43-32(41)39(4)14-15-40-13-12-24(19-40)23-8-10-29-27(17-23)31(37-21-36-29)38-26-9-11-30(28(34)18-26)42-20-22-6-5-7-25(35)16-22/h5-13,16-19,21H,14-15,20H2,1-4H3,(H,36,37,38). The Balaban J connectivity index is 1.27. The monoisotopic (exact) mass is 601 g/mol. The molecule has 5 rings (SSSR count). The summed E-state index contributed by atoms with van der Waals surface area (Å²) in [5.74, 6) is 0.815. The average molecular weight is 602 g/mol. The van der Waals surface area contributed by atoms with Gasteiger partial charge in [0.25, 0.3) is 0 Å². The molecule has 0 fully saturated rings. The average Bonchev–Trinajstić information content (AvgIpc) is 3.44. The quantitative estimate of drug-likeness (QED) is 0.184. The van der Waals surface area contributed by atoms with Gasteiger partial charge < -0.3 is 24.3 Å². The number of rotatable bonds is 9. The lowest BCUT2D eigenvalue weighted by molar-refractivity contribution is 0.0293. The summed E-state index contributed by atoms with van der Waals surface area (Å²) in [7, 11) is 1.73. The first-order valence-electron chi connectivity index (χ1n) is 13.8. The first-order valence-corrected chi connectivity index (χ1v) is 14.2. The van der Waals surface area contributed by atoms with Crippen molar-refractivity contribution < 1.29 is 18.7 Å². The van der Waals surface area contributed by atoms with E-state index in [0.717, 1.165) is 27.7 Å². The smallest absolute Gasteiger partial charge is 0.410 e. The van der Waals surface area contributed by atoms with Gasteiger partial charge in [-0.3, -0.25) is 0 Å². The third-order valence-corrected chi connectivity index (χ3v) is 6.89. The van der Waals surface area contributed by atoms with Gasteiger partial charge in [-0.15, -0.1) is 0 Å². The second-order valence-corrected chi connectivity index (χ2v) is 11.6. The molecular formula is C33H33ClFN5O3. The number of halogens is 2. The second-order valence-electron chi connectivity index (χ2n) is 11.2. The SMILES string of the molecule is CN(CCn1ccc(-c2ccc3ncnc(Nc4ccc(OCc5cccc(F)c5)c(Cl)c4)c3c2)c1)C(=O)OC(C)(C)C. The summed E-state index contributed by atoms with van der Waals surface area (Å²) in [5.41, 5.74) is 3.73. The van der Waals surface area contributed by atoms with E-state index in [2.05, 4.69) is 15.3 Å². The van der Waals surface area contributed by atoms with E-state index in [9.17, 15) is 9.18 Å². The highest BCUT2D eigenvalue weighted by Crippen LogP contribution is 2.32. The Hall–Kier alpha value is -4.63. The number of hydrogen-bond donors (Lipinski definition) is 1. The van der Waals surface area contributed by atoms with Crippen molar-refractivity contribution in [3.05, 3.63) is 102 Å². The lowest BCUT2D eigenvalue weighted by atomic mass is 10.1. The summed E-state index contributed by atoms with van der Waals surface area (Å²) < 4.78 is 26.8. The lowest BCUT2D eigenvalue weighted by Gasteiger charge is -2.24. The van der Waals surface area contributed by atoms with Crippen molar-refractivity contribution in [2.45, 2.75) is 39.5 Å². The van der Waals surface area contributed by atoms with Crippen LogP contribution < -0.4 is 10.1 Å². The predicted molar refractivity (Wildman–Crippen MR) is 167 cm³/mol. The van der Waals surface area contributed by atoms with Crippen LogP contribution in [0, 0.1) is 5.82 Å². The van der Waals surface area contributed by atoms with E-state index in [1.54, 1.807) is 36.2 Å². The van der Waals surface area contributed by atoms with E-state index < -0.39 is 5.60 Å². The van der Waals surface area contributed by atoms with E-state index >= 15 is 0 Å². The van der Waals surface area contributed by atoms with Crippen LogP contribution in [0.25, 0.3) is 22.0 Å². The van der Waals surface area contributed by atoms with Crippen LogP contribution >= 0.6 is 11.6 Å². The van der Waals surface area contributed by atoms with Crippen LogP contribution in [0.2, 0.25) is 5.02 Å². The Morgan fingerprint density at radius 3 is 2.65 bits per heavy atom. The third kappa shape index (κ3) is 7.81. The zero-order valence-electron chi connectivity index (χ0n) is 24.5. The Bertz CT molecular complexity index is 1750. The van der Waals surface area contributed by atoms with Crippen LogP contribution in [0.5, 0.6) is 5.75 Å². The van der Waals surface area contributed by atoms with Crippen molar-refractivity contribution >= 4 is 40.1 Å². The lowest BCUT2D eigenvalue weighted by Crippen LogP contribution is -2.35. The third-order valence-electron chi connectivity index (χ3n) is 6.60. The van der Waals surface area contributed by atoms with E-state index in [4.69, 9.17) is 21.1 Å². The number of nitrogens with one attached hydrogen (secondary N) is 1. The molecule has 5 aromatic rings. The first-order chi connectivity index (χ1) is 20.5. The largest absolute Gasteiger partial charge is 0.487 e. The number of benzene rings is 3. The van der Waals surface area contributed by atoms with Crippen LogP contribution in [0.4, 0.5) is 20.7 Å². The number of carbonyl (C=O) groups is 1. The molecule has 0 radical (unpaired) electrons. The molecule has 1 amide bonds. The highest BCUT2D eigenvalue weighted by Gasteiger charge is 2.19. The van der Waals surface area contributed by atoms with Gasteiger partial charge in [0.05, 0.1) is 10.5 Å². The van der Waals surface area contributed by atoms with E-state index in [-0.39, 0.29) is 18.5 Å². The van der Waals surface area contributed by atoms with Crippen LogP contribution in [-0.4, -0.2) is 44.7 Å². The number of ether oxygens (including phenoxy) is 2. The zero-order valence-corrected chi connectivity index (χ0v) is 25.2. The molecule has 43 heavy (non-hydrogen) atoms. The molecule has 1 N–H and O–H groups in total. The number of aromatic nitrogens is 3. The van der Waals surface area contributed by atoms with E-state index in [0.29, 0.717) is 35.2 Å². The van der Waals surface area contributed by atoms with Gasteiger partial charge in [-0.05, 0) is 86.0 Å². The minimum Gasteiger partial charge on any atom is -0.487 e. The van der Waals surface area contributed by atoms with Gasteiger partial charge in [-0.25, -0.2) is 19.2 Å². The zero-order chi connectivity index (χ0) is 30.6. The van der Waals surface area contributed by atoms with Gasteiger partial charge in [0.2, 0.25) is 0 Å². The van der Waals surface area contributed by atoms with Crippen LogP contribution in [0.15, 0.2) is 85.5 Å². The molecule has 10 heteroatoms. The summed E-state index contributed by atoms with van der Waals surface area (Å²) in [4.78, 5) is 22.8. The fourth-order valence-electron chi connectivity index (χ4n) is 4.40. The Morgan fingerprint density at radius 1 is 1.05 bits per heavy atom. The molecule has 0 aliphatic rings. The second kappa shape index (κ2) is 12.7. The van der Waals surface area contributed by atoms with Gasteiger partial charge in [-0.1, -0.05) is 29.8 Å². The van der Waals surface area contributed by atoms with E-state index in [1.165, 1.54) is 18.5 Å². The fraction of sp³-hybridized carbons (Fsp3) is 0.242. The number of anilines is 2. The molecule has 0 aliphatic carbocycles. The highest BCUT2D eigenvalue weighted by atomic mass is 35.5. The molecule has 0 atom stereocenters. The molecule has 2 aromatic heterocycles. The maximum absolute atomic E-state index is 13.5. The normalized spacial score (nSPS) is 11.4. The van der Waals surface area contributed by atoms with Crippen LogP contribution in [-0.2, 0) is 17.9 Å². The van der Waals surface area contributed by atoms with Crippen molar-refractivity contribution in [3.63, 3.8) is 0 Å². The number of carbonyl (C=O) groups excluding carboxylic acids is 1. The van der Waals surface area contributed by atoms with Crippen LogP contribution in [0.1, 0.15) is 26.3 Å². The predicted octanol–water partition coefficient (Wildman–Crippen LogP) is 8.08.